The van der Waals surface area contributed by atoms with Gasteiger partial charge in [-0.05, 0) is 105 Å². The van der Waals surface area contributed by atoms with Gasteiger partial charge in [0.1, 0.15) is 6.04 Å². The zero-order valence-corrected chi connectivity index (χ0v) is 23.3. The summed E-state index contributed by atoms with van der Waals surface area (Å²) in [5, 5.41) is 9.70. The van der Waals surface area contributed by atoms with Gasteiger partial charge in [0.25, 0.3) is 5.56 Å². The fraction of sp³-hybridized carbons (Fsp3) is 0.719. The van der Waals surface area contributed by atoms with Crippen LogP contribution in [0.25, 0.3) is 11.0 Å². The van der Waals surface area contributed by atoms with Crippen LogP contribution in [0.15, 0.2) is 29.1 Å². The average Bonchev–Trinajstić information content (AvgIpc) is 3.10. The molecule has 4 bridgehead atoms. The molecule has 0 amide bonds. The van der Waals surface area contributed by atoms with Crippen molar-refractivity contribution in [3.63, 3.8) is 0 Å². The number of benzene rings is 1. The summed E-state index contributed by atoms with van der Waals surface area (Å²) in [5.41, 5.74) is 1.57. The largest absolute Gasteiger partial charge is 0.480 e. The second-order valence-corrected chi connectivity index (χ2v) is 14.2. The predicted octanol–water partition coefficient (Wildman–Crippen LogP) is 4.93. The molecular weight excluding hydrogens is 488 g/mol. The van der Waals surface area contributed by atoms with Crippen LogP contribution in [0.5, 0.6) is 0 Å². The van der Waals surface area contributed by atoms with Crippen LogP contribution in [-0.4, -0.2) is 56.2 Å². The summed E-state index contributed by atoms with van der Waals surface area (Å²) in [4.78, 5) is 35.5. The van der Waals surface area contributed by atoms with E-state index in [2.05, 4.69) is 18.7 Å². The van der Waals surface area contributed by atoms with Crippen molar-refractivity contribution in [1.29, 1.82) is 0 Å². The van der Waals surface area contributed by atoms with Gasteiger partial charge >= 0.3 is 5.97 Å². The normalized spacial score (nSPS) is 43.0. The maximum Gasteiger partial charge on any atom is 0.326 e. The van der Waals surface area contributed by atoms with E-state index in [1.807, 2.05) is 28.8 Å². The maximum atomic E-state index is 14.2. The molecule has 39 heavy (non-hydrogen) atoms. The molecule has 3 saturated heterocycles. The SMILES string of the molecule is CC1CC(C)C2CC(n3c(=O)c(N4CCC4C(=O)O)nc4ccccc43)CC1N2C1CC2CC3CC(C1)C3C2. The van der Waals surface area contributed by atoms with E-state index in [9.17, 15) is 14.7 Å². The van der Waals surface area contributed by atoms with Crippen LogP contribution < -0.4 is 10.5 Å². The minimum absolute atomic E-state index is 0.108. The fourth-order valence-electron chi connectivity index (χ4n) is 10.5. The van der Waals surface area contributed by atoms with Crippen molar-refractivity contribution in [2.75, 3.05) is 11.4 Å². The predicted molar refractivity (Wildman–Crippen MR) is 151 cm³/mol. The molecule has 3 aliphatic carbocycles. The van der Waals surface area contributed by atoms with E-state index in [0.717, 1.165) is 47.5 Å². The Bertz CT molecular complexity index is 1350. The van der Waals surface area contributed by atoms with E-state index >= 15 is 0 Å². The Balaban J connectivity index is 1.17. The van der Waals surface area contributed by atoms with Crippen LogP contribution in [-0.2, 0) is 4.79 Å². The molecule has 7 heteroatoms. The van der Waals surface area contributed by atoms with E-state index in [-0.39, 0.29) is 11.6 Å². The monoisotopic (exact) mass is 530 g/mol. The number of carboxylic acid groups (broad SMARTS) is 1. The molecule has 8 rings (SSSR count). The van der Waals surface area contributed by atoms with Crippen molar-refractivity contribution in [2.24, 2.45) is 35.5 Å². The molecule has 0 spiro atoms. The second kappa shape index (κ2) is 8.79. The van der Waals surface area contributed by atoms with Gasteiger partial charge in [0.05, 0.1) is 11.0 Å². The number of carboxylic acids is 1. The third kappa shape index (κ3) is 3.60. The molecule has 1 N–H and O–H groups in total. The lowest BCUT2D eigenvalue weighted by molar-refractivity contribution is -0.140. The first kappa shape index (κ1) is 24.4. The van der Waals surface area contributed by atoms with Crippen LogP contribution in [0.4, 0.5) is 5.82 Å². The molecule has 1 aromatic heterocycles. The maximum absolute atomic E-state index is 14.2. The van der Waals surface area contributed by atoms with Gasteiger partial charge in [0, 0.05) is 30.7 Å². The van der Waals surface area contributed by atoms with Crippen molar-refractivity contribution in [2.45, 2.75) is 102 Å². The Labute approximate surface area is 230 Å². The van der Waals surface area contributed by atoms with Crippen molar-refractivity contribution in [3.05, 3.63) is 34.6 Å². The standard InChI is InChI=1S/C32H42N4O3/c1-17-9-18(2)29-16-23(15-28(17)35(29)22-11-19-10-20-13-21(14-22)24(20)12-19)36-26-6-4-3-5-25(26)33-30(31(36)37)34-8-7-27(34)32(38)39/h3-6,17-24,27-29H,7-16H2,1-2H3,(H,38,39). The van der Waals surface area contributed by atoms with Gasteiger partial charge < -0.3 is 14.6 Å². The number of carbonyl (C=O) groups is 1. The molecule has 10 atom stereocenters. The number of piperidine rings is 2. The molecular formula is C32H42N4O3. The minimum atomic E-state index is -0.873. The molecule has 3 aliphatic heterocycles. The van der Waals surface area contributed by atoms with Gasteiger partial charge in [-0.15, -0.1) is 0 Å². The summed E-state index contributed by atoms with van der Waals surface area (Å²) < 4.78 is 2.03. The number of fused-ring (bicyclic) bond motifs is 4. The number of anilines is 1. The Morgan fingerprint density at radius 1 is 0.897 bits per heavy atom. The zero-order valence-electron chi connectivity index (χ0n) is 23.3. The zero-order chi connectivity index (χ0) is 26.6. The number of aliphatic carboxylic acids is 1. The smallest absolute Gasteiger partial charge is 0.326 e. The summed E-state index contributed by atoms with van der Waals surface area (Å²) in [7, 11) is 0. The van der Waals surface area contributed by atoms with E-state index < -0.39 is 12.0 Å². The lowest BCUT2D eigenvalue weighted by Crippen LogP contribution is -2.63. The number of hydrogen-bond donors (Lipinski definition) is 1. The first-order valence-corrected chi connectivity index (χ1v) is 15.7. The third-order valence-corrected chi connectivity index (χ3v) is 12.2. The molecule has 6 fully saturated rings. The van der Waals surface area contributed by atoms with E-state index in [1.54, 1.807) is 4.90 Å². The van der Waals surface area contributed by atoms with Crippen LogP contribution in [0.1, 0.15) is 77.7 Å². The number of nitrogens with zero attached hydrogens (tertiary/aromatic N) is 4. The molecule has 3 saturated carbocycles. The van der Waals surface area contributed by atoms with Crippen LogP contribution in [0, 0.1) is 35.5 Å². The number of para-hydroxylation sites is 2. The topological polar surface area (TPSA) is 78.7 Å². The molecule has 208 valence electrons. The molecule has 6 aliphatic rings. The van der Waals surface area contributed by atoms with E-state index in [1.165, 1.54) is 38.5 Å². The Morgan fingerprint density at radius 3 is 2.36 bits per heavy atom. The molecule has 10 unspecified atom stereocenters. The first-order valence-electron chi connectivity index (χ1n) is 15.7. The Kier molecular flexibility index (Phi) is 5.50. The molecule has 2 aromatic rings. The molecule has 1 aromatic carbocycles. The summed E-state index contributed by atoms with van der Waals surface area (Å²) in [5.74, 6) is 4.61. The van der Waals surface area contributed by atoms with Gasteiger partial charge in [-0.1, -0.05) is 26.0 Å². The highest BCUT2D eigenvalue weighted by atomic mass is 16.4. The molecule has 0 radical (unpaired) electrons. The van der Waals surface area contributed by atoms with Crippen molar-refractivity contribution < 1.29 is 9.90 Å². The number of aromatic nitrogens is 2. The lowest BCUT2D eigenvalue weighted by atomic mass is 9.63. The first-order chi connectivity index (χ1) is 18.9. The third-order valence-electron chi connectivity index (χ3n) is 12.2. The van der Waals surface area contributed by atoms with Gasteiger partial charge in [0.2, 0.25) is 0 Å². The minimum Gasteiger partial charge on any atom is -0.480 e. The van der Waals surface area contributed by atoms with E-state index in [4.69, 9.17) is 4.98 Å². The summed E-state index contributed by atoms with van der Waals surface area (Å²) in [6.07, 6.45) is 11.0. The van der Waals surface area contributed by atoms with Gasteiger partial charge in [0.15, 0.2) is 5.82 Å². The Morgan fingerprint density at radius 2 is 1.64 bits per heavy atom. The number of rotatable bonds is 4. The quantitative estimate of drug-likeness (QED) is 0.604. The van der Waals surface area contributed by atoms with Crippen molar-refractivity contribution in [1.82, 2.24) is 14.5 Å². The summed E-state index contributed by atoms with van der Waals surface area (Å²) in [6.45, 7) is 5.47. The number of hydrogen-bond acceptors (Lipinski definition) is 5. The van der Waals surface area contributed by atoms with Crippen LogP contribution in [0.2, 0.25) is 0 Å². The van der Waals surface area contributed by atoms with E-state index in [0.29, 0.717) is 48.7 Å². The summed E-state index contributed by atoms with van der Waals surface area (Å²) in [6, 6.07) is 9.12. The highest BCUT2D eigenvalue weighted by molar-refractivity contribution is 5.81. The lowest BCUT2D eigenvalue weighted by Gasteiger charge is -2.58. The van der Waals surface area contributed by atoms with Gasteiger partial charge in [-0.3, -0.25) is 9.69 Å². The summed E-state index contributed by atoms with van der Waals surface area (Å²) >= 11 is 0. The fourth-order valence-corrected chi connectivity index (χ4v) is 10.5. The highest BCUT2D eigenvalue weighted by Gasteiger charge is 2.55. The second-order valence-electron chi connectivity index (χ2n) is 14.2. The van der Waals surface area contributed by atoms with Crippen molar-refractivity contribution in [3.8, 4) is 0 Å². The van der Waals surface area contributed by atoms with Crippen LogP contribution in [0.3, 0.4) is 0 Å². The van der Waals surface area contributed by atoms with Crippen molar-refractivity contribution >= 4 is 22.8 Å². The molecule has 4 heterocycles. The average molecular weight is 531 g/mol. The highest BCUT2D eigenvalue weighted by Crippen LogP contribution is 2.60. The molecule has 7 nitrogen and oxygen atoms in total. The van der Waals surface area contributed by atoms with Gasteiger partial charge in [-0.25, -0.2) is 9.78 Å². The van der Waals surface area contributed by atoms with Crippen LogP contribution >= 0.6 is 0 Å². The Hall–Kier alpha value is -2.41. The van der Waals surface area contributed by atoms with Gasteiger partial charge in [-0.2, -0.15) is 0 Å².